The molecule has 0 atom stereocenters. The van der Waals surface area contributed by atoms with Crippen LogP contribution in [0.2, 0.25) is 0 Å². The number of para-hydroxylation sites is 1. The Kier molecular flexibility index (Phi) is 2.90. The molecule has 0 bridgehead atoms. The van der Waals surface area contributed by atoms with Crippen LogP contribution in [-0.2, 0) is 4.79 Å². The second-order valence-electron chi connectivity index (χ2n) is 3.19. The van der Waals surface area contributed by atoms with Crippen molar-refractivity contribution in [3.63, 3.8) is 0 Å². The topological polar surface area (TPSA) is 88.0 Å². The Morgan fingerprint density at radius 1 is 1.25 bits per heavy atom. The predicted molar refractivity (Wildman–Crippen MR) is 58.1 cm³/mol. The van der Waals surface area contributed by atoms with E-state index in [9.17, 15) is 4.79 Å². The van der Waals surface area contributed by atoms with Crippen LogP contribution in [0.5, 0.6) is 0 Å². The molecule has 2 rings (SSSR count). The van der Waals surface area contributed by atoms with Crippen molar-refractivity contribution >= 4 is 23.0 Å². The minimum Gasteiger partial charge on any atom is -0.481 e. The molecule has 0 saturated carbocycles. The molecule has 0 aliphatic rings. The van der Waals surface area contributed by atoms with Gasteiger partial charge >= 0.3 is 5.97 Å². The summed E-state index contributed by atoms with van der Waals surface area (Å²) in [7, 11) is 0. The van der Waals surface area contributed by atoms with Gasteiger partial charge in [0.1, 0.15) is 5.52 Å². The lowest BCUT2D eigenvalue weighted by molar-refractivity contribution is -0.136. The summed E-state index contributed by atoms with van der Waals surface area (Å²) in [6, 6.07) is 7.36. The zero-order valence-electron chi connectivity index (χ0n) is 8.42. The third kappa shape index (κ3) is 2.41. The third-order valence-electron chi connectivity index (χ3n) is 1.98. The molecule has 82 valence electrons. The van der Waals surface area contributed by atoms with E-state index in [1.54, 1.807) is 0 Å². The predicted octanol–water partition coefficient (Wildman–Crippen LogP) is 0.911. The first kappa shape index (κ1) is 10.3. The van der Waals surface area contributed by atoms with Gasteiger partial charge in [0, 0.05) is 6.54 Å². The van der Waals surface area contributed by atoms with E-state index in [1.165, 1.54) is 0 Å². The van der Waals surface area contributed by atoms with Gasteiger partial charge in [-0.15, -0.1) is 10.2 Å². The first-order chi connectivity index (χ1) is 7.75. The number of benzene rings is 1. The molecule has 0 unspecified atom stereocenters. The molecule has 2 aromatic rings. The average Bonchev–Trinajstić information content (AvgIpc) is 2.28. The van der Waals surface area contributed by atoms with Crippen LogP contribution in [0.4, 0.5) is 5.95 Å². The number of carboxylic acids is 1. The second kappa shape index (κ2) is 4.52. The summed E-state index contributed by atoms with van der Waals surface area (Å²) in [5.41, 5.74) is 1.45. The van der Waals surface area contributed by atoms with Gasteiger partial charge in [-0.05, 0) is 12.1 Å². The van der Waals surface area contributed by atoms with Gasteiger partial charge in [0.15, 0.2) is 0 Å². The Morgan fingerprint density at radius 3 is 2.75 bits per heavy atom. The first-order valence-electron chi connectivity index (χ1n) is 4.81. The summed E-state index contributed by atoms with van der Waals surface area (Å²) in [4.78, 5) is 14.5. The van der Waals surface area contributed by atoms with Crippen molar-refractivity contribution in [2.75, 3.05) is 11.9 Å². The summed E-state index contributed by atoms with van der Waals surface area (Å²) in [5.74, 6) is -0.513. The van der Waals surface area contributed by atoms with E-state index >= 15 is 0 Å². The Balaban J connectivity index is 2.10. The SMILES string of the molecule is O=C(O)CCNc1nnc2ccccc2n1. The van der Waals surface area contributed by atoms with Crippen molar-refractivity contribution < 1.29 is 9.90 Å². The molecule has 1 aromatic heterocycles. The summed E-state index contributed by atoms with van der Waals surface area (Å²) in [5, 5.41) is 19.1. The molecule has 0 amide bonds. The van der Waals surface area contributed by atoms with E-state index in [2.05, 4.69) is 20.5 Å². The highest BCUT2D eigenvalue weighted by Crippen LogP contribution is 2.08. The van der Waals surface area contributed by atoms with Crippen LogP contribution >= 0.6 is 0 Å². The zero-order valence-corrected chi connectivity index (χ0v) is 8.42. The molecule has 0 saturated heterocycles. The second-order valence-corrected chi connectivity index (χ2v) is 3.19. The molecular weight excluding hydrogens is 208 g/mol. The largest absolute Gasteiger partial charge is 0.481 e. The number of rotatable bonds is 4. The Bertz CT molecular complexity index is 515. The Morgan fingerprint density at radius 2 is 2.00 bits per heavy atom. The minimum atomic E-state index is -0.860. The standard InChI is InChI=1S/C10H10N4O2/c15-9(16)5-6-11-10-12-7-3-1-2-4-8(7)13-14-10/h1-4H,5-6H2,(H,15,16)(H,11,12,14). The number of hydrogen-bond donors (Lipinski definition) is 2. The number of nitrogens with zero attached hydrogens (tertiary/aromatic N) is 3. The van der Waals surface area contributed by atoms with Gasteiger partial charge in [-0.3, -0.25) is 4.79 Å². The van der Waals surface area contributed by atoms with Gasteiger partial charge in [-0.1, -0.05) is 12.1 Å². The van der Waals surface area contributed by atoms with Crippen LogP contribution in [0.15, 0.2) is 24.3 Å². The summed E-state index contributed by atoms with van der Waals surface area (Å²) in [6.45, 7) is 0.287. The summed E-state index contributed by atoms with van der Waals surface area (Å²) >= 11 is 0. The van der Waals surface area contributed by atoms with Crippen LogP contribution in [0.1, 0.15) is 6.42 Å². The smallest absolute Gasteiger partial charge is 0.305 e. The van der Waals surface area contributed by atoms with Gasteiger partial charge < -0.3 is 10.4 Å². The normalized spacial score (nSPS) is 10.2. The molecule has 16 heavy (non-hydrogen) atoms. The number of carboxylic acid groups (broad SMARTS) is 1. The average molecular weight is 218 g/mol. The van der Waals surface area contributed by atoms with Crippen molar-refractivity contribution in [3.8, 4) is 0 Å². The number of carbonyl (C=O) groups is 1. The molecule has 0 aliphatic heterocycles. The molecule has 0 spiro atoms. The number of nitrogens with one attached hydrogen (secondary N) is 1. The zero-order chi connectivity index (χ0) is 11.4. The molecule has 6 nitrogen and oxygen atoms in total. The molecular formula is C10H10N4O2. The Hall–Kier alpha value is -2.24. The molecule has 1 heterocycles. The fourth-order valence-corrected chi connectivity index (χ4v) is 1.24. The number of fused-ring (bicyclic) bond motifs is 1. The van der Waals surface area contributed by atoms with E-state index in [-0.39, 0.29) is 13.0 Å². The van der Waals surface area contributed by atoms with Crippen molar-refractivity contribution in [3.05, 3.63) is 24.3 Å². The van der Waals surface area contributed by atoms with Crippen molar-refractivity contribution in [1.82, 2.24) is 15.2 Å². The van der Waals surface area contributed by atoms with E-state index in [1.807, 2.05) is 24.3 Å². The molecule has 0 aliphatic carbocycles. The number of aliphatic carboxylic acids is 1. The van der Waals surface area contributed by atoms with Crippen LogP contribution < -0.4 is 5.32 Å². The molecule has 0 fully saturated rings. The monoisotopic (exact) mass is 218 g/mol. The highest BCUT2D eigenvalue weighted by molar-refractivity contribution is 5.74. The lowest BCUT2D eigenvalue weighted by Gasteiger charge is -2.02. The molecule has 0 radical (unpaired) electrons. The van der Waals surface area contributed by atoms with Crippen LogP contribution in [0, 0.1) is 0 Å². The maximum absolute atomic E-state index is 10.3. The van der Waals surface area contributed by atoms with Crippen molar-refractivity contribution in [2.24, 2.45) is 0 Å². The summed E-state index contributed by atoms with van der Waals surface area (Å²) in [6.07, 6.45) is 0.0240. The van der Waals surface area contributed by atoms with Gasteiger partial charge in [0.25, 0.3) is 0 Å². The van der Waals surface area contributed by atoms with Gasteiger partial charge in [0.2, 0.25) is 5.95 Å². The minimum absolute atomic E-state index is 0.0240. The lowest BCUT2D eigenvalue weighted by atomic mass is 10.3. The number of aromatic nitrogens is 3. The van der Waals surface area contributed by atoms with Crippen molar-refractivity contribution in [2.45, 2.75) is 6.42 Å². The Labute approximate surface area is 91.3 Å². The highest BCUT2D eigenvalue weighted by atomic mass is 16.4. The lowest BCUT2D eigenvalue weighted by Crippen LogP contribution is -2.10. The number of anilines is 1. The summed E-state index contributed by atoms with van der Waals surface area (Å²) < 4.78 is 0. The quantitative estimate of drug-likeness (QED) is 0.793. The number of hydrogen-bond acceptors (Lipinski definition) is 5. The highest BCUT2D eigenvalue weighted by Gasteiger charge is 2.01. The van der Waals surface area contributed by atoms with E-state index in [0.29, 0.717) is 11.5 Å². The van der Waals surface area contributed by atoms with E-state index in [0.717, 1.165) is 5.52 Å². The van der Waals surface area contributed by atoms with Gasteiger partial charge in [-0.25, -0.2) is 4.98 Å². The third-order valence-corrected chi connectivity index (χ3v) is 1.98. The first-order valence-corrected chi connectivity index (χ1v) is 4.81. The van der Waals surface area contributed by atoms with Crippen molar-refractivity contribution in [1.29, 1.82) is 0 Å². The van der Waals surface area contributed by atoms with E-state index in [4.69, 9.17) is 5.11 Å². The maximum Gasteiger partial charge on any atom is 0.305 e. The van der Waals surface area contributed by atoms with Gasteiger partial charge in [0.05, 0.1) is 11.9 Å². The van der Waals surface area contributed by atoms with Crippen LogP contribution in [0.3, 0.4) is 0 Å². The fourth-order valence-electron chi connectivity index (χ4n) is 1.24. The molecule has 1 aromatic carbocycles. The van der Waals surface area contributed by atoms with Crippen LogP contribution in [-0.4, -0.2) is 32.8 Å². The maximum atomic E-state index is 10.3. The molecule has 6 heteroatoms. The van der Waals surface area contributed by atoms with Crippen LogP contribution in [0.25, 0.3) is 11.0 Å². The molecule has 2 N–H and O–H groups in total. The van der Waals surface area contributed by atoms with E-state index < -0.39 is 5.97 Å². The fraction of sp³-hybridized carbons (Fsp3) is 0.200. The van der Waals surface area contributed by atoms with Gasteiger partial charge in [-0.2, -0.15) is 0 Å².